The minimum Gasteiger partial charge on any atom is -0.493 e. The highest BCUT2D eigenvalue weighted by molar-refractivity contribution is 5.83. The topological polar surface area (TPSA) is 47.1 Å². The van der Waals surface area contributed by atoms with Crippen molar-refractivity contribution in [1.82, 2.24) is 9.97 Å². The van der Waals surface area contributed by atoms with Gasteiger partial charge in [-0.15, -0.1) is 0 Å². The van der Waals surface area contributed by atoms with Gasteiger partial charge in [-0.1, -0.05) is 6.07 Å². The largest absolute Gasteiger partial charge is 0.493 e. The summed E-state index contributed by atoms with van der Waals surface area (Å²) < 4.78 is 24.5. The van der Waals surface area contributed by atoms with Crippen LogP contribution >= 0.6 is 0 Å². The van der Waals surface area contributed by atoms with Crippen LogP contribution in [0.15, 0.2) is 30.3 Å². The Morgan fingerprint density at radius 1 is 1.05 bits per heavy atom. The first-order valence-electron chi connectivity index (χ1n) is 6.50. The van der Waals surface area contributed by atoms with Crippen LogP contribution in [-0.2, 0) is 0 Å². The standard InChI is InChI=1S/C16H15FN2O2/c1-9-4-5-10(11(17)6-9)16-18-12-7-14(20-2)15(21-3)8-13(12)19-16/h4-8H,1-3H3,(H,18,19). The molecule has 2 aromatic carbocycles. The van der Waals surface area contributed by atoms with E-state index >= 15 is 0 Å². The van der Waals surface area contributed by atoms with Gasteiger partial charge >= 0.3 is 0 Å². The van der Waals surface area contributed by atoms with E-state index in [9.17, 15) is 4.39 Å². The number of methoxy groups -OCH3 is 2. The van der Waals surface area contributed by atoms with Crippen LogP contribution in [-0.4, -0.2) is 24.2 Å². The van der Waals surface area contributed by atoms with Gasteiger partial charge in [-0.2, -0.15) is 0 Å². The van der Waals surface area contributed by atoms with Crippen molar-refractivity contribution in [2.45, 2.75) is 6.92 Å². The van der Waals surface area contributed by atoms with Crippen molar-refractivity contribution in [3.8, 4) is 22.9 Å². The van der Waals surface area contributed by atoms with Crippen molar-refractivity contribution in [3.05, 3.63) is 41.7 Å². The summed E-state index contributed by atoms with van der Waals surface area (Å²) in [5, 5.41) is 0. The molecule has 0 bridgehead atoms. The average molecular weight is 286 g/mol. The van der Waals surface area contributed by atoms with E-state index in [0.29, 0.717) is 28.4 Å². The summed E-state index contributed by atoms with van der Waals surface area (Å²) in [6, 6.07) is 8.62. The van der Waals surface area contributed by atoms with Crippen LogP contribution in [0.3, 0.4) is 0 Å². The van der Waals surface area contributed by atoms with Gasteiger partial charge in [-0.3, -0.25) is 0 Å². The third-order valence-electron chi connectivity index (χ3n) is 3.37. The molecule has 3 aromatic rings. The summed E-state index contributed by atoms with van der Waals surface area (Å²) in [5.41, 5.74) is 2.77. The van der Waals surface area contributed by atoms with E-state index < -0.39 is 0 Å². The molecule has 1 N–H and O–H groups in total. The van der Waals surface area contributed by atoms with E-state index in [1.807, 2.05) is 13.0 Å². The van der Waals surface area contributed by atoms with Crippen LogP contribution in [0, 0.1) is 12.7 Å². The lowest BCUT2D eigenvalue weighted by atomic mass is 10.1. The number of aryl methyl sites for hydroxylation is 1. The number of nitrogens with one attached hydrogen (secondary N) is 1. The molecular formula is C16H15FN2O2. The van der Waals surface area contributed by atoms with Crippen molar-refractivity contribution in [1.29, 1.82) is 0 Å². The van der Waals surface area contributed by atoms with Crippen LogP contribution in [0.4, 0.5) is 4.39 Å². The van der Waals surface area contributed by atoms with Crippen molar-refractivity contribution in [3.63, 3.8) is 0 Å². The van der Waals surface area contributed by atoms with Crippen LogP contribution in [0.2, 0.25) is 0 Å². The van der Waals surface area contributed by atoms with Crippen LogP contribution in [0.1, 0.15) is 5.56 Å². The second-order valence-electron chi connectivity index (χ2n) is 4.79. The highest BCUT2D eigenvalue weighted by atomic mass is 19.1. The first-order chi connectivity index (χ1) is 10.1. The summed E-state index contributed by atoms with van der Waals surface area (Å²) in [6.07, 6.45) is 0. The molecular weight excluding hydrogens is 271 g/mol. The second kappa shape index (κ2) is 5.09. The summed E-state index contributed by atoms with van der Waals surface area (Å²) >= 11 is 0. The van der Waals surface area contributed by atoms with Gasteiger partial charge in [-0.25, -0.2) is 9.37 Å². The number of hydrogen-bond acceptors (Lipinski definition) is 3. The summed E-state index contributed by atoms with van der Waals surface area (Å²) in [6.45, 7) is 1.85. The molecule has 0 spiro atoms. The average Bonchev–Trinajstić information content (AvgIpc) is 2.87. The number of benzene rings is 2. The molecule has 0 amide bonds. The second-order valence-corrected chi connectivity index (χ2v) is 4.79. The predicted octanol–water partition coefficient (Wildman–Crippen LogP) is 3.69. The van der Waals surface area contributed by atoms with E-state index in [-0.39, 0.29) is 5.82 Å². The smallest absolute Gasteiger partial charge is 0.163 e. The van der Waals surface area contributed by atoms with Gasteiger partial charge in [0.15, 0.2) is 11.5 Å². The number of fused-ring (bicyclic) bond motifs is 1. The predicted molar refractivity (Wildman–Crippen MR) is 79.3 cm³/mol. The molecule has 0 aliphatic carbocycles. The summed E-state index contributed by atoms with van der Waals surface area (Å²) in [7, 11) is 3.14. The maximum Gasteiger partial charge on any atom is 0.163 e. The van der Waals surface area contributed by atoms with E-state index in [1.165, 1.54) is 6.07 Å². The number of H-pyrrole nitrogens is 1. The minimum atomic E-state index is -0.298. The normalized spacial score (nSPS) is 10.9. The molecule has 0 radical (unpaired) electrons. The molecule has 5 heteroatoms. The fourth-order valence-corrected chi connectivity index (χ4v) is 2.28. The van der Waals surface area contributed by atoms with E-state index in [0.717, 1.165) is 11.1 Å². The van der Waals surface area contributed by atoms with Crippen molar-refractivity contribution in [2.24, 2.45) is 0 Å². The Labute approximate surface area is 121 Å². The first kappa shape index (κ1) is 13.4. The van der Waals surface area contributed by atoms with Gasteiger partial charge < -0.3 is 14.5 Å². The zero-order chi connectivity index (χ0) is 15.0. The molecule has 21 heavy (non-hydrogen) atoms. The molecule has 3 rings (SSSR count). The number of halogens is 1. The van der Waals surface area contributed by atoms with Crippen LogP contribution in [0.25, 0.3) is 22.4 Å². The van der Waals surface area contributed by atoms with Crippen molar-refractivity contribution >= 4 is 11.0 Å². The minimum absolute atomic E-state index is 0.298. The molecule has 0 saturated carbocycles. The molecule has 1 aromatic heterocycles. The Hall–Kier alpha value is -2.56. The van der Waals surface area contributed by atoms with Gasteiger partial charge in [0.25, 0.3) is 0 Å². The molecule has 108 valence electrons. The van der Waals surface area contributed by atoms with Gasteiger partial charge in [-0.05, 0) is 24.6 Å². The Bertz CT molecular complexity index is 770. The molecule has 0 aliphatic rings. The third kappa shape index (κ3) is 2.31. The molecule has 1 heterocycles. The summed E-state index contributed by atoms with van der Waals surface area (Å²) in [4.78, 5) is 7.54. The molecule has 0 saturated heterocycles. The van der Waals surface area contributed by atoms with Gasteiger partial charge in [0.05, 0.1) is 30.8 Å². The molecule has 0 unspecified atom stereocenters. The Morgan fingerprint density at radius 2 is 1.76 bits per heavy atom. The number of imidazole rings is 1. The lowest BCUT2D eigenvalue weighted by molar-refractivity contribution is 0.356. The monoisotopic (exact) mass is 286 g/mol. The highest BCUT2D eigenvalue weighted by Gasteiger charge is 2.13. The maximum atomic E-state index is 14.0. The number of rotatable bonds is 3. The van der Waals surface area contributed by atoms with Crippen molar-refractivity contribution in [2.75, 3.05) is 14.2 Å². The number of aromatic amines is 1. The lowest BCUT2D eigenvalue weighted by Crippen LogP contribution is -1.89. The molecule has 0 atom stereocenters. The Kier molecular flexibility index (Phi) is 3.25. The third-order valence-corrected chi connectivity index (χ3v) is 3.37. The van der Waals surface area contributed by atoms with Gasteiger partial charge in [0.1, 0.15) is 11.6 Å². The Morgan fingerprint density at radius 3 is 2.43 bits per heavy atom. The zero-order valence-electron chi connectivity index (χ0n) is 12.0. The van der Waals surface area contributed by atoms with E-state index in [2.05, 4.69) is 9.97 Å². The number of nitrogens with zero attached hydrogens (tertiary/aromatic N) is 1. The fraction of sp³-hybridized carbons (Fsp3) is 0.188. The highest BCUT2D eigenvalue weighted by Crippen LogP contribution is 2.33. The van der Waals surface area contributed by atoms with Crippen LogP contribution < -0.4 is 9.47 Å². The van der Waals surface area contributed by atoms with Crippen LogP contribution in [0.5, 0.6) is 11.5 Å². The maximum absolute atomic E-state index is 14.0. The first-order valence-corrected chi connectivity index (χ1v) is 6.50. The number of aromatic nitrogens is 2. The van der Waals surface area contributed by atoms with Crippen molar-refractivity contribution < 1.29 is 13.9 Å². The lowest BCUT2D eigenvalue weighted by Gasteiger charge is -2.06. The Balaban J connectivity index is 2.16. The molecule has 0 fully saturated rings. The van der Waals surface area contributed by atoms with E-state index in [4.69, 9.17) is 9.47 Å². The zero-order valence-corrected chi connectivity index (χ0v) is 12.0. The number of hydrogen-bond donors (Lipinski definition) is 1. The molecule has 4 nitrogen and oxygen atoms in total. The fourth-order valence-electron chi connectivity index (χ4n) is 2.28. The van der Waals surface area contributed by atoms with E-state index in [1.54, 1.807) is 32.4 Å². The number of ether oxygens (including phenoxy) is 2. The van der Waals surface area contributed by atoms with Gasteiger partial charge in [0, 0.05) is 12.1 Å². The summed E-state index contributed by atoms with van der Waals surface area (Å²) in [5.74, 6) is 1.38. The quantitative estimate of drug-likeness (QED) is 0.798. The van der Waals surface area contributed by atoms with Gasteiger partial charge in [0.2, 0.25) is 0 Å². The SMILES string of the molecule is COc1cc2nc(-c3ccc(C)cc3F)[nH]c2cc1OC. The molecule has 0 aliphatic heterocycles.